The number of ether oxygens (including phenoxy) is 3. The number of carbonyl (C=O) groups is 2. The standard InChI is InChI=1S/C28H41FN2O7/c1-15-10-19-13-20(29)14-21(25(19)33)31-27(34)16(2)8-7-9-22(36-5)26(38-28(30)35)18(4)12-17(3)24(32)23(11-15)37-6/h8,12-15,17,22-24,26,32-33H,7,9-11H2,1-6H3,(H2,30,35)(H,31,34)/t15-,17+,22+,23+,24-,26+/m1/s1. The molecular weight excluding hydrogens is 495 g/mol. The minimum Gasteiger partial charge on any atom is -0.505 e. The van der Waals surface area contributed by atoms with Gasteiger partial charge < -0.3 is 35.5 Å². The second-order valence-corrected chi connectivity index (χ2v) is 10.1. The summed E-state index contributed by atoms with van der Waals surface area (Å²) in [6.07, 6.45) is 1.15. The smallest absolute Gasteiger partial charge is 0.405 e. The molecular formula is C28H41FN2O7. The Morgan fingerprint density at radius 3 is 2.42 bits per heavy atom. The van der Waals surface area contributed by atoms with Gasteiger partial charge in [0.05, 0.1) is 24.0 Å². The quantitative estimate of drug-likeness (QED) is 0.335. The van der Waals surface area contributed by atoms with Crippen LogP contribution in [0.2, 0.25) is 0 Å². The van der Waals surface area contributed by atoms with Gasteiger partial charge in [0.2, 0.25) is 0 Å². The molecule has 0 saturated heterocycles. The van der Waals surface area contributed by atoms with E-state index in [-0.39, 0.29) is 23.3 Å². The lowest BCUT2D eigenvalue weighted by molar-refractivity contribution is -0.112. The zero-order valence-corrected chi connectivity index (χ0v) is 23.0. The number of methoxy groups -OCH3 is 2. The molecule has 0 saturated carbocycles. The summed E-state index contributed by atoms with van der Waals surface area (Å²) in [6, 6.07) is 2.31. The third-order valence-corrected chi connectivity index (χ3v) is 6.95. The van der Waals surface area contributed by atoms with Crippen molar-refractivity contribution in [2.75, 3.05) is 19.5 Å². The molecule has 10 heteroatoms. The van der Waals surface area contributed by atoms with Crippen LogP contribution in [0.1, 0.15) is 52.5 Å². The molecule has 1 heterocycles. The molecule has 38 heavy (non-hydrogen) atoms. The molecule has 0 aliphatic carbocycles. The van der Waals surface area contributed by atoms with Gasteiger partial charge >= 0.3 is 6.09 Å². The zero-order valence-electron chi connectivity index (χ0n) is 23.0. The topological polar surface area (TPSA) is 140 Å². The fraction of sp³-hybridized carbons (Fsp3) is 0.571. The van der Waals surface area contributed by atoms with Crippen LogP contribution in [0.3, 0.4) is 0 Å². The number of phenolic OH excluding ortho intramolecular Hbond substituents is 1. The van der Waals surface area contributed by atoms with Crippen LogP contribution in [0, 0.1) is 17.7 Å². The first-order valence-corrected chi connectivity index (χ1v) is 12.7. The summed E-state index contributed by atoms with van der Waals surface area (Å²) in [7, 11) is 2.99. The highest BCUT2D eigenvalue weighted by molar-refractivity contribution is 6.04. The third kappa shape index (κ3) is 8.54. The molecule has 2 bridgehead atoms. The molecule has 1 aromatic rings. The molecule has 0 aromatic heterocycles. The van der Waals surface area contributed by atoms with E-state index in [2.05, 4.69) is 5.32 Å². The fourth-order valence-electron chi connectivity index (χ4n) is 4.84. The number of aliphatic hydroxyl groups is 1. The van der Waals surface area contributed by atoms with Crippen molar-refractivity contribution < 1.29 is 38.4 Å². The first kappa shape index (κ1) is 31.3. The molecule has 1 aromatic carbocycles. The summed E-state index contributed by atoms with van der Waals surface area (Å²) >= 11 is 0. The van der Waals surface area contributed by atoms with Gasteiger partial charge in [0.15, 0.2) is 6.10 Å². The Morgan fingerprint density at radius 1 is 1.16 bits per heavy atom. The van der Waals surface area contributed by atoms with Crippen LogP contribution in [0.4, 0.5) is 14.9 Å². The Hall–Kier alpha value is -2.95. The Balaban J connectivity index is 2.52. The van der Waals surface area contributed by atoms with E-state index in [1.807, 2.05) is 13.8 Å². The SMILES string of the molecule is CO[C@H]1C[C@H](C)Cc2cc(F)cc(c2O)NC(=O)C(C)=CCC[C@H](OC)[C@@H](OC(N)=O)C(C)=C[C@H](C)[C@H]1O. The number of fused-ring (bicyclic) bond motifs is 2. The summed E-state index contributed by atoms with van der Waals surface area (Å²) < 4.78 is 31.0. The van der Waals surface area contributed by atoms with Crippen molar-refractivity contribution in [1.82, 2.24) is 0 Å². The van der Waals surface area contributed by atoms with E-state index in [0.717, 1.165) is 6.07 Å². The summed E-state index contributed by atoms with van der Waals surface area (Å²) in [6.45, 7) is 7.11. The number of amides is 2. The minimum atomic E-state index is -0.958. The number of hydrogen-bond donors (Lipinski definition) is 4. The van der Waals surface area contributed by atoms with E-state index in [1.165, 1.54) is 20.3 Å². The predicted octanol–water partition coefficient (Wildman–Crippen LogP) is 4.22. The first-order valence-electron chi connectivity index (χ1n) is 12.7. The Kier molecular flexibility index (Phi) is 11.7. The lowest BCUT2D eigenvalue weighted by atomic mass is 9.88. The van der Waals surface area contributed by atoms with Crippen LogP contribution in [-0.4, -0.2) is 60.8 Å². The average Bonchev–Trinajstić information content (AvgIpc) is 2.85. The molecule has 5 N–H and O–H groups in total. The fourth-order valence-corrected chi connectivity index (χ4v) is 4.84. The summed E-state index contributed by atoms with van der Waals surface area (Å²) in [4.78, 5) is 24.4. The van der Waals surface area contributed by atoms with E-state index in [1.54, 1.807) is 26.0 Å². The van der Waals surface area contributed by atoms with Gasteiger partial charge in [-0.2, -0.15) is 0 Å². The molecule has 0 unspecified atom stereocenters. The first-order chi connectivity index (χ1) is 17.9. The number of halogens is 1. The average molecular weight is 537 g/mol. The van der Waals surface area contributed by atoms with Gasteiger partial charge in [0.25, 0.3) is 5.91 Å². The van der Waals surface area contributed by atoms with E-state index in [0.29, 0.717) is 42.4 Å². The summed E-state index contributed by atoms with van der Waals surface area (Å²) in [5, 5.41) is 24.5. The molecule has 9 nitrogen and oxygen atoms in total. The van der Waals surface area contributed by atoms with Gasteiger partial charge in [-0.05, 0) is 62.7 Å². The van der Waals surface area contributed by atoms with Gasteiger partial charge in [-0.3, -0.25) is 4.79 Å². The highest BCUT2D eigenvalue weighted by Gasteiger charge is 2.30. The predicted molar refractivity (Wildman–Crippen MR) is 142 cm³/mol. The lowest BCUT2D eigenvalue weighted by Crippen LogP contribution is -2.37. The van der Waals surface area contributed by atoms with E-state index < -0.39 is 42.2 Å². The Bertz CT molecular complexity index is 1040. The van der Waals surface area contributed by atoms with Gasteiger partial charge in [-0.25, -0.2) is 9.18 Å². The molecule has 0 radical (unpaired) electrons. The molecule has 2 rings (SSSR count). The van der Waals surface area contributed by atoms with Crippen molar-refractivity contribution in [3.8, 4) is 5.75 Å². The van der Waals surface area contributed by atoms with Crippen molar-refractivity contribution in [2.45, 2.75) is 77.8 Å². The number of phenols is 1. The maximum atomic E-state index is 14.4. The van der Waals surface area contributed by atoms with Crippen LogP contribution in [0.25, 0.3) is 0 Å². The molecule has 0 fully saturated rings. The second-order valence-electron chi connectivity index (χ2n) is 10.1. The third-order valence-electron chi connectivity index (χ3n) is 6.95. The number of primary amides is 1. The van der Waals surface area contributed by atoms with Crippen LogP contribution in [0.5, 0.6) is 5.75 Å². The Labute approximate surface area is 223 Å². The molecule has 1 aliphatic rings. The minimum absolute atomic E-state index is 0.0238. The van der Waals surface area contributed by atoms with Crippen molar-refractivity contribution in [3.05, 3.63) is 46.8 Å². The van der Waals surface area contributed by atoms with Crippen molar-refractivity contribution in [3.63, 3.8) is 0 Å². The zero-order chi connectivity index (χ0) is 28.6. The van der Waals surface area contributed by atoms with Crippen molar-refractivity contribution in [1.29, 1.82) is 0 Å². The highest BCUT2D eigenvalue weighted by atomic mass is 19.1. The van der Waals surface area contributed by atoms with Crippen molar-refractivity contribution in [2.24, 2.45) is 17.6 Å². The lowest BCUT2D eigenvalue weighted by Gasteiger charge is -2.30. The number of allylic oxidation sites excluding steroid dienone is 1. The van der Waals surface area contributed by atoms with Crippen molar-refractivity contribution >= 4 is 17.7 Å². The largest absolute Gasteiger partial charge is 0.505 e. The number of anilines is 1. The highest BCUT2D eigenvalue weighted by Crippen LogP contribution is 2.33. The number of nitrogens with two attached hydrogens (primary N) is 1. The molecule has 212 valence electrons. The van der Waals surface area contributed by atoms with Crippen LogP contribution < -0.4 is 11.1 Å². The molecule has 2 amide bonds. The van der Waals surface area contributed by atoms with E-state index >= 15 is 0 Å². The monoisotopic (exact) mass is 536 g/mol. The maximum absolute atomic E-state index is 14.4. The summed E-state index contributed by atoms with van der Waals surface area (Å²) in [5.74, 6) is -1.79. The molecule has 0 spiro atoms. The number of aliphatic hydroxyl groups excluding tert-OH is 1. The van der Waals surface area contributed by atoms with E-state index in [4.69, 9.17) is 19.9 Å². The normalized spacial score (nSPS) is 28.2. The Morgan fingerprint density at radius 2 is 1.82 bits per heavy atom. The van der Waals surface area contributed by atoms with Crippen LogP contribution in [0.15, 0.2) is 35.4 Å². The van der Waals surface area contributed by atoms with Gasteiger partial charge in [-0.1, -0.05) is 26.0 Å². The molecule has 6 atom stereocenters. The number of nitrogens with one attached hydrogen (secondary N) is 1. The number of carbonyl (C=O) groups excluding carboxylic acids is 2. The van der Waals surface area contributed by atoms with Gasteiger partial charge in [-0.15, -0.1) is 0 Å². The van der Waals surface area contributed by atoms with Gasteiger partial charge in [0, 0.05) is 31.8 Å². The number of aromatic hydroxyl groups is 1. The van der Waals surface area contributed by atoms with Crippen LogP contribution in [-0.2, 0) is 25.4 Å². The second kappa shape index (κ2) is 14.3. The molecule has 1 aliphatic heterocycles. The van der Waals surface area contributed by atoms with E-state index in [9.17, 15) is 24.2 Å². The maximum Gasteiger partial charge on any atom is 0.405 e. The number of benzene rings is 1. The number of rotatable bonds is 3. The summed E-state index contributed by atoms with van der Waals surface area (Å²) in [5.41, 5.74) is 6.66. The van der Waals surface area contributed by atoms with Crippen LogP contribution >= 0.6 is 0 Å². The van der Waals surface area contributed by atoms with Gasteiger partial charge in [0.1, 0.15) is 11.6 Å². The number of hydrogen-bond acceptors (Lipinski definition) is 7.